The molecule has 2 aromatic carbocycles. The summed E-state index contributed by atoms with van der Waals surface area (Å²) in [6.45, 7) is 1.41. The highest BCUT2D eigenvalue weighted by Gasteiger charge is 2.28. The molecule has 0 radical (unpaired) electrons. The molecule has 0 bridgehead atoms. The molecule has 0 fully saturated rings. The Morgan fingerprint density at radius 2 is 1.89 bits per heavy atom. The van der Waals surface area contributed by atoms with Crippen LogP contribution in [0.2, 0.25) is 0 Å². The second-order valence-corrected chi connectivity index (χ2v) is 6.40. The minimum absolute atomic E-state index is 0.150. The molecule has 0 aliphatic carbocycles. The maximum absolute atomic E-state index is 12.5. The number of phenols is 1. The van der Waals surface area contributed by atoms with Gasteiger partial charge in [0.15, 0.2) is 0 Å². The number of fused-ring (bicyclic) bond motifs is 1. The van der Waals surface area contributed by atoms with Gasteiger partial charge in [0.25, 0.3) is 5.91 Å². The van der Waals surface area contributed by atoms with Gasteiger partial charge in [0.05, 0.1) is 5.94 Å². The molecule has 2 aromatic rings. The second kappa shape index (κ2) is 7.79. The first-order chi connectivity index (χ1) is 12.9. The van der Waals surface area contributed by atoms with Gasteiger partial charge in [0, 0.05) is 18.7 Å². The Bertz CT molecular complexity index is 886. The number of carbonyl (C=O) groups is 2. The largest absolute Gasteiger partial charge is 0.507 e. The van der Waals surface area contributed by atoms with Crippen LogP contribution in [-0.2, 0) is 19.5 Å². The maximum atomic E-state index is 12.5. The Hall–Kier alpha value is -2.88. The van der Waals surface area contributed by atoms with Crippen LogP contribution in [0.15, 0.2) is 36.4 Å². The van der Waals surface area contributed by atoms with Crippen LogP contribution in [0.3, 0.4) is 0 Å². The summed E-state index contributed by atoms with van der Waals surface area (Å²) in [6, 6.07) is 9.39. The van der Waals surface area contributed by atoms with Crippen molar-refractivity contribution in [3.63, 3.8) is 0 Å². The number of hydrogen-bond acceptors (Lipinski definition) is 6. The monoisotopic (exact) mass is 370 g/mol. The molecule has 8 nitrogen and oxygen atoms in total. The van der Waals surface area contributed by atoms with Crippen molar-refractivity contribution in [2.75, 3.05) is 0 Å². The Balaban J connectivity index is 1.78. The summed E-state index contributed by atoms with van der Waals surface area (Å²) in [4.78, 5) is 23.6. The summed E-state index contributed by atoms with van der Waals surface area (Å²) in [6.07, 6.45) is -0.150. The highest BCUT2D eigenvalue weighted by Crippen LogP contribution is 2.24. The minimum atomic E-state index is -1.89. The van der Waals surface area contributed by atoms with Gasteiger partial charge in [-0.1, -0.05) is 18.2 Å². The summed E-state index contributed by atoms with van der Waals surface area (Å²) < 4.78 is 0. The van der Waals surface area contributed by atoms with Gasteiger partial charge >= 0.3 is 13.1 Å². The van der Waals surface area contributed by atoms with Crippen LogP contribution >= 0.6 is 0 Å². The summed E-state index contributed by atoms with van der Waals surface area (Å²) in [5, 5.41) is 44.1. The maximum Gasteiger partial charge on any atom is 0.475 e. The molecule has 0 saturated heterocycles. The Morgan fingerprint density at radius 3 is 2.59 bits per heavy atom. The first-order valence-corrected chi connectivity index (χ1v) is 8.40. The van der Waals surface area contributed by atoms with E-state index in [0.29, 0.717) is 12.1 Å². The topological polar surface area (TPSA) is 139 Å². The molecule has 1 heterocycles. The van der Waals surface area contributed by atoms with E-state index >= 15 is 0 Å². The van der Waals surface area contributed by atoms with E-state index in [1.54, 1.807) is 12.1 Å². The molecule has 1 aliphatic heterocycles. The number of hydrogen-bond donors (Lipinski definition) is 6. The fourth-order valence-corrected chi connectivity index (χ4v) is 3.08. The summed E-state index contributed by atoms with van der Waals surface area (Å²) in [7, 11) is -1.89. The van der Waals surface area contributed by atoms with Crippen LogP contribution in [0.1, 0.15) is 37.4 Å². The molecule has 0 aromatic heterocycles. The van der Waals surface area contributed by atoms with Gasteiger partial charge in [0.1, 0.15) is 11.3 Å². The second-order valence-electron chi connectivity index (χ2n) is 6.40. The molecule has 1 aliphatic rings. The molecule has 0 saturated carbocycles. The van der Waals surface area contributed by atoms with E-state index < -0.39 is 30.7 Å². The Morgan fingerprint density at radius 1 is 1.15 bits per heavy atom. The molecule has 9 heteroatoms. The smallest absolute Gasteiger partial charge is 0.475 e. The molecular weight excluding hydrogens is 351 g/mol. The lowest BCUT2D eigenvalue weighted by atomic mass is 9.75. The number of nitrogens with one attached hydrogen (secondary N) is 2. The van der Waals surface area contributed by atoms with E-state index in [4.69, 9.17) is 5.11 Å². The highest BCUT2D eigenvalue weighted by atomic mass is 16.4. The lowest BCUT2D eigenvalue weighted by Crippen LogP contribution is -2.48. The zero-order chi connectivity index (χ0) is 19.6. The fraction of sp³-hybridized carbons (Fsp3) is 0.222. The molecule has 140 valence electrons. The van der Waals surface area contributed by atoms with Crippen LogP contribution < -0.4 is 10.6 Å². The molecule has 6 N–H and O–H groups in total. The van der Waals surface area contributed by atoms with Gasteiger partial charge in [0.2, 0.25) is 0 Å². The number of carbonyl (C=O) groups excluding carboxylic acids is 1. The van der Waals surface area contributed by atoms with Crippen molar-refractivity contribution in [1.82, 2.24) is 10.6 Å². The minimum Gasteiger partial charge on any atom is -0.507 e. The van der Waals surface area contributed by atoms with Gasteiger partial charge < -0.3 is 30.9 Å². The fourth-order valence-electron chi connectivity index (χ4n) is 3.08. The number of aromatic hydroxyl groups is 1. The Labute approximate surface area is 155 Å². The molecular formula is C18H19BN2O6. The predicted octanol–water partition coefficient (Wildman–Crippen LogP) is 0.0467. The Kier molecular flexibility index (Phi) is 5.45. The van der Waals surface area contributed by atoms with Crippen molar-refractivity contribution in [3.8, 4) is 5.75 Å². The summed E-state index contributed by atoms with van der Waals surface area (Å²) in [5.74, 6) is -3.38. The average molecular weight is 370 g/mol. The van der Waals surface area contributed by atoms with E-state index in [0.717, 1.165) is 17.7 Å². The van der Waals surface area contributed by atoms with Crippen molar-refractivity contribution < 1.29 is 29.9 Å². The molecule has 1 amide bonds. The number of amides is 1. The zero-order valence-electron chi connectivity index (χ0n) is 14.3. The molecule has 1 unspecified atom stereocenters. The van der Waals surface area contributed by atoms with Crippen LogP contribution in [0.5, 0.6) is 5.75 Å². The lowest BCUT2D eigenvalue weighted by Gasteiger charge is -2.19. The van der Waals surface area contributed by atoms with Gasteiger partial charge in [-0.3, -0.25) is 4.79 Å². The van der Waals surface area contributed by atoms with E-state index in [-0.39, 0.29) is 17.5 Å². The van der Waals surface area contributed by atoms with Crippen molar-refractivity contribution in [2.45, 2.75) is 25.5 Å². The van der Waals surface area contributed by atoms with E-state index in [1.807, 2.05) is 6.07 Å². The van der Waals surface area contributed by atoms with Crippen molar-refractivity contribution in [3.05, 3.63) is 64.2 Å². The van der Waals surface area contributed by atoms with E-state index in [1.165, 1.54) is 18.2 Å². The third-order valence-corrected chi connectivity index (χ3v) is 4.57. The van der Waals surface area contributed by atoms with Gasteiger partial charge in [-0.25, -0.2) is 4.79 Å². The summed E-state index contributed by atoms with van der Waals surface area (Å²) >= 11 is 0. The number of aromatic carboxylic acids is 1. The van der Waals surface area contributed by atoms with Gasteiger partial charge in [-0.15, -0.1) is 0 Å². The number of carboxylic acids is 1. The molecule has 27 heavy (non-hydrogen) atoms. The average Bonchev–Trinajstić information content (AvgIpc) is 3.09. The van der Waals surface area contributed by atoms with E-state index in [9.17, 15) is 24.7 Å². The molecule has 1 atom stereocenters. The molecule has 3 rings (SSSR count). The van der Waals surface area contributed by atoms with Crippen LogP contribution in [0.25, 0.3) is 0 Å². The lowest BCUT2D eigenvalue weighted by molar-refractivity contribution is 0.0693. The van der Waals surface area contributed by atoms with Crippen LogP contribution in [-0.4, -0.2) is 45.2 Å². The third-order valence-electron chi connectivity index (χ3n) is 4.57. The number of benzene rings is 2. The predicted molar refractivity (Wildman–Crippen MR) is 97.2 cm³/mol. The normalized spacial score (nSPS) is 13.7. The number of rotatable bonds is 6. The third kappa shape index (κ3) is 4.11. The first-order valence-electron chi connectivity index (χ1n) is 8.40. The zero-order valence-corrected chi connectivity index (χ0v) is 14.3. The highest BCUT2D eigenvalue weighted by molar-refractivity contribution is 6.43. The summed E-state index contributed by atoms with van der Waals surface area (Å²) in [5.41, 5.74) is 2.39. The standard InChI is InChI=1S/C18H19BN2O6/c22-16-10(2-1-3-14(16)18(24)25)7-15(19(26)27)21-17(23)11-4-5-12-8-20-9-13(12)6-11/h1-6,15,20,22,26-27H,7-9H2,(H,21,23)(H,24,25). The van der Waals surface area contributed by atoms with Gasteiger partial charge in [-0.2, -0.15) is 0 Å². The van der Waals surface area contributed by atoms with Crippen LogP contribution in [0.4, 0.5) is 0 Å². The van der Waals surface area contributed by atoms with Crippen molar-refractivity contribution >= 4 is 19.0 Å². The van der Waals surface area contributed by atoms with Gasteiger partial charge in [-0.05, 0) is 41.3 Å². The van der Waals surface area contributed by atoms with Crippen molar-refractivity contribution in [2.24, 2.45) is 0 Å². The van der Waals surface area contributed by atoms with E-state index in [2.05, 4.69) is 10.6 Å². The molecule has 0 spiro atoms. The van der Waals surface area contributed by atoms with Crippen molar-refractivity contribution in [1.29, 1.82) is 0 Å². The van der Waals surface area contributed by atoms with Crippen LogP contribution in [0, 0.1) is 0 Å². The quantitative estimate of drug-likeness (QED) is 0.395. The number of carboxylic acid groups (broad SMARTS) is 1. The SMILES string of the molecule is O=C(NC(Cc1cccc(C(=O)O)c1O)B(O)O)c1ccc2c(c1)CNC2. The first kappa shape index (κ1) is 18.9. The number of para-hydroxylation sites is 1.